The Bertz CT molecular complexity index is 658. The van der Waals surface area contributed by atoms with Crippen LogP contribution >= 0.6 is 0 Å². The van der Waals surface area contributed by atoms with Gasteiger partial charge in [-0.1, -0.05) is 65.2 Å². The van der Waals surface area contributed by atoms with Crippen LogP contribution in [0.5, 0.6) is 0 Å². The Kier molecular flexibility index (Phi) is 20.5. The molecule has 0 heterocycles. The molecule has 0 aliphatic rings. The molecule has 41 heavy (non-hydrogen) atoms. The Morgan fingerprint density at radius 1 is 0.561 bits per heavy atom. The molecule has 8 atom stereocenters. The van der Waals surface area contributed by atoms with Gasteiger partial charge in [0.2, 0.25) is 0 Å². The van der Waals surface area contributed by atoms with E-state index in [-0.39, 0.29) is 13.1 Å². The predicted molar refractivity (Wildman–Crippen MR) is 148 cm³/mol. The molecule has 0 aromatic rings. The number of amides is 2. The maximum absolute atomic E-state index is 12.7. The molecule has 0 aromatic carbocycles. The average Bonchev–Trinajstić information content (AvgIpc) is 2.99. The topological polar surface area (TPSA) is 260 Å². The van der Waals surface area contributed by atoms with E-state index in [0.29, 0.717) is 12.8 Å². The van der Waals surface area contributed by atoms with Crippen LogP contribution in [0.1, 0.15) is 78.1 Å². The van der Waals surface area contributed by atoms with Gasteiger partial charge in [-0.3, -0.25) is 9.59 Å². The molecule has 0 aliphatic heterocycles. The van der Waals surface area contributed by atoms with Crippen LogP contribution in [0.15, 0.2) is 0 Å². The highest BCUT2D eigenvalue weighted by molar-refractivity contribution is 5.82. The van der Waals surface area contributed by atoms with Gasteiger partial charge in [0.05, 0.1) is 13.2 Å². The van der Waals surface area contributed by atoms with Gasteiger partial charge in [-0.25, -0.2) is 0 Å². The minimum absolute atomic E-state index is 0.0721. The summed E-state index contributed by atoms with van der Waals surface area (Å²) in [5, 5.41) is 102. The lowest BCUT2D eigenvalue weighted by Crippen LogP contribution is -2.55. The summed E-state index contributed by atoms with van der Waals surface area (Å²) in [5.74, 6) is -2.09. The normalized spacial score (nSPS) is 18.0. The zero-order valence-corrected chi connectivity index (χ0v) is 24.3. The van der Waals surface area contributed by atoms with Crippen LogP contribution in [0.4, 0.5) is 0 Å². The molecule has 0 saturated heterocycles. The van der Waals surface area contributed by atoms with Crippen LogP contribution in [0, 0.1) is 5.41 Å². The lowest BCUT2D eigenvalue weighted by atomic mass is 9.77. The molecule has 8 unspecified atom stereocenters. The minimum atomic E-state index is -2.13. The van der Waals surface area contributed by atoms with Crippen LogP contribution in [0.3, 0.4) is 0 Å². The summed E-state index contributed by atoms with van der Waals surface area (Å²) in [6.07, 6.45) is -7.88. The van der Waals surface area contributed by atoms with Crippen LogP contribution < -0.4 is 10.6 Å². The molecule has 0 aliphatic carbocycles. The van der Waals surface area contributed by atoms with E-state index in [0.717, 1.165) is 51.4 Å². The van der Waals surface area contributed by atoms with Gasteiger partial charge in [0.15, 0.2) is 12.2 Å². The highest BCUT2D eigenvalue weighted by Crippen LogP contribution is 2.31. The molecule has 0 bridgehead atoms. The zero-order chi connectivity index (χ0) is 31.6. The molecule has 14 heteroatoms. The molecule has 0 rings (SSSR count). The van der Waals surface area contributed by atoms with Gasteiger partial charge in [-0.2, -0.15) is 0 Å². The van der Waals surface area contributed by atoms with Crippen molar-refractivity contribution in [3.63, 3.8) is 0 Å². The van der Waals surface area contributed by atoms with E-state index in [2.05, 4.69) is 10.6 Å². The summed E-state index contributed by atoms with van der Waals surface area (Å²) in [5.41, 5.74) is -0.783. The molecular weight excluding hydrogens is 544 g/mol. The first-order valence-corrected chi connectivity index (χ1v) is 14.5. The Hall–Kier alpha value is -1.46. The van der Waals surface area contributed by atoms with Crippen LogP contribution in [0.25, 0.3) is 0 Å². The molecule has 14 nitrogen and oxygen atoms in total. The fourth-order valence-electron chi connectivity index (χ4n) is 4.51. The lowest BCUT2D eigenvalue weighted by Gasteiger charge is -2.36. The van der Waals surface area contributed by atoms with Crippen molar-refractivity contribution in [2.75, 3.05) is 26.3 Å². The standard InChI is InChI=1S/C27H54N2O12/c1-3-5-7-9-11-27(12-10-8-6-4-2,15-28-25(40)23(38)21(36)19(34)17(32)13-30)16-29-26(41)24(39)22(37)20(35)18(33)14-31/h17-24,30-39H,3-16H2,1-2H3,(H,28,40)(H,29,41). The number of nitrogens with one attached hydrogen (secondary N) is 2. The second-order valence-corrected chi connectivity index (χ2v) is 10.9. The van der Waals surface area contributed by atoms with Gasteiger partial charge >= 0.3 is 0 Å². The summed E-state index contributed by atoms with van der Waals surface area (Å²) in [6, 6.07) is 0. The summed E-state index contributed by atoms with van der Waals surface area (Å²) in [7, 11) is 0. The second kappa shape index (κ2) is 21.3. The summed E-state index contributed by atoms with van der Waals surface area (Å²) in [4.78, 5) is 25.4. The number of carbonyl (C=O) groups is 2. The number of rotatable bonds is 24. The SMILES string of the molecule is CCCCCCC(CCCCCC)(CNC(=O)C(O)C(O)C(O)C(O)CO)CNC(=O)C(O)C(O)C(O)C(O)CO. The van der Waals surface area contributed by atoms with Crippen molar-refractivity contribution in [2.45, 2.75) is 127 Å². The summed E-state index contributed by atoms with van der Waals surface area (Å²) in [6.45, 7) is 2.14. The lowest BCUT2D eigenvalue weighted by molar-refractivity contribution is -0.149. The summed E-state index contributed by atoms with van der Waals surface area (Å²) >= 11 is 0. The molecule has 244 valence electrons. The fourth-order valence-corrected chi connectivity index (χ4v) is 4.51. The zero-order valence-electron chi connectivity index (χ0n) is 24.3. The first-order chi connectivity index (χ1) is 19.3. The molecule has 0 saturated carbocycles. The summed E-state index contributed by atoms with van der Waals surface area (Å²) < 4.78 is 0. The van der Waals surface area contributed by atoms with E-state index in [1.54, 1.807) is 0 Å². The minimum Gasteiger partial charge on any atom is -0.394 e. The highest BCUT2D eigenvalue weighted by atomic mass is 16.4. The van der Waals surface area contributed by atoms with E-state index in [1.807, 2.05) is 13.8 Å². The van der Waals surface area contributed by atoms with E-state index >= 15 is 0 Å². The Labute approximate surface area is 242 Å². The first-order valence-electron chi connectivity index (χ1n) is 14.5. The van der Waals surface area contributed by atoms with Gasteiger partial charge in [0.25, 0.3) is 11.8 Å². The van der Waals surface area contributed by atoms with Crippen LogP contribution in [-0.4, -0.2) is 138 Å². The molecule has 12 N–H and O–H groups in total. The number of unbranched alkanes of at least 4 members (excludes halogenated alkanes) is 6. The second-order valence-electron chi connectivity index (χ2n) is 10.9. The number of aliphatic hydroxyl groups is 10. The fraction of sp³-hybridized carbons (Fsp3) is 0.926. The van der Waals surface area contributed by atoms with Gasteiger partial charge in [-0.05, 0) is 12.8 Å². The van der Waals surface area contributed by atoms with Crippen molar-refractivity contribution in [3.8, 4) is 0 Å². The van der Waals surface area contributed by atoms with E-state index in [4.69, 9.17) is 10.2 Å². The van der Waals surface area contributed by atoms with Crippen LogP contribution in [0.2, 0.25) is 0 Å². The third-order valence-corrected chi connectivity index (χ3v) is 7.44. The maximum atomic E-state index is 12.7. The Morgan fingerprint density at radius 3 is 1.20 bits per heavy atom. The van der Waals surface area contributed by atoms with Gasteiger partial charge in [0, 0.05) is 18.5 Å². The molecule has 2 amide bonds. The van der Waals surface area contributed by atoms with Crippen molar-refractivity contribution in [1.82, 2.24) is 10.6 Å². The molecule has 0 fully saturated rings. The molecular formula is C27H54N2O12. The van der Waals surface area contributed by atoms with Crippen LogP contribution in [-0.2, 0) is 9.59 Å². The number of aliphatic hydroxyl groups excluding tert-OH is 10. The monoisotopic (exact) mass is 598 g/mol. The van der Waals surface area contributed by atoms with Gasteiger partial charge in [0.1, 0.15) is 36.6 Å². The maximum Gasteiger partial charge on any atom is 0.251 e. The molecule has 0 aromatic heterocycles. The van der Waals surface area contributed by atoms with Gasteiger partial charge in [-0.15, -0.1) is 0 Å². The number of hydrogen-bond donors (Lipinski definition) is 12. The third-order valence-electron chi connectivity index (χ3n) is 7.44. The largest absolute Gasteiger partial charge is 0.394 e. The van der Waals surface area contributed by atoms with Crippen molar-refractivity contribution in [1.29, 1.82) is 0 Å². The van der Waals surface area contributed by atoms with Crippen molar-refractivity contribution < 1.29 is 60.7 Å². The molecule has 0 spiro atoms. The average molecular weight is 599 g/mol. The van der Waals surface area contributed by atoms with Gasteiger partial charge < -0.3 is 61.7 Å². The van der Waals surface area contributed by atoms with E-state index in [1.165, 1.54) is 0 Å². The predicted octanol–water partition coefficient (Wildman–Crippen LogP) is -2.98. The van der Waals surface area contributed by atoms with Crippen molar-refractivity contribution >= 4 is 11.8 Å². The number of carbonyl (C=O) groups excluding carboxylic acids is 2. The third kappa shape index (κ3) is 14.0. The Balaban J connectivity index is 5.78. The van der Waals surface area contributed by atoms with E-state index < -0.39 is 79.3 Å². The quantitative estimate of drug-likeness (QED) is 0.0497. The van der Waals surface area contributed by atoms with Crippen molar-refractivity contribution in [3.05, 3.63) is 0 Å². The van der Waals surface area contributed by atoms with E-state index in [9.17, 15) is 50.4 Å². The Morgan fingerprint density at radius 2 is 0.902 bits per heavy atom. The smallest absolute Gasteiger partial charge is 0.251 e. The van der Waals surface area contributed by atoms with Crippen molar-refractivity contribution in [2.24, 2.45) is 5.41 Å². The molecule has 0 radical (unpaired) electrons. The highest BCUT2D eigenvalue weighted by Gasteiger charge is 2.38. The first kappa shape index (κ1) is 39.5. The number of hydrogen-bond acceptors (Lipinski definition) is 12.